The first-order valence-electron chi connectivity index (χ1n) is 15.2. The third kappa shape index (κ3) is 19.2. The molecule has 0 unspecified atom stereocenters. The van der Waals surface area contributed by atoms with E-state index in [-0.39, 0.29) is 81.3 Å². The molecule has 264 valence electrons. The van der Waals surface area contributed by atoms with E-state index in [1.807, 2.05) is 27.7 Å². The van der Waals surface area contributed by atoms with Gasteiger partial charge in [-0.05, 0) is 12.1 Å². The van der Waals surface area contributed by atoms with Crippen LogP contribution in [-0.2, 0) is 38.1 Å². The van der Waals surface area contributed by atoms with Gasteiger partial charge in [0, 0.05) is 27.2 Å². The standard InChI is InChI=1S/C27H36N4O12.2C2H6/c1-5-23(35)43-13-9-31-27(39)22-15-20(25(37)29-7-11-41-17(3)33)19(24(36)28-6-10-40-16(2)32)14-21(22)26(38)30-8-12-42-18(4)34;2*1-2/h14-15H,5-13H2,1-4H3,(H,28,36)(H,29,37)(H,30,38)(H,31,39);2*1-2H3. The Balaban J connectivity index is 0. The summed E-state index contributed by atoms with van der Waals surface area (Å²) in [5.41, 5.74) is -1.20. The summed E-state index contributed by atoms with van der Waals surface area (Å²) in [7, 11) is 0. The van der Waals surface area contributed by atoms with E-state index in [9.17, 15) is 38.4 Å². The zero-order chi connectivity index (χ0) is 36.4. The van der Waals surface area contributed by atoms with Crippen LogP contribution in [0.2, 0.25) is 0 Å². The third-order valence-electron chi connectivity index (χ3n) is 5.15. The second-order valence-corrected chi connectivity index (χ2v) is 8.56. The van der Waals surface area contributed by atoms with Gasteiger partial charge in [0.15, 0.2) is 0 Å². The van der Waals surface area contributed by atoms with Crippen molar-refractivity contribution in [2.75, 3.05) is 52.6 Å². The number of nitrogens with one attached hydrogen (secondary N) is 4. The fraction of sp³-hybridized carbons (Fsp3) is 0.548. The summed E-state index contributed by atoms with van der Waals surface area (Å²) in [6, 6.07) is 2.08. The number of hydrogen-bond donors (Lipinski definition) is 4. The van der Waals surface area contributed by atoms with E-state index in [2.05, 4.69) is 21.3 Å². The van der Waals surface area contributed by atoms with Crippen LogP contribution >= 0.6 is 0 Å². The summed E-state index contributed by atoms with van der Waals surface area (Å²) in [4.78, 5) is 96.9. The molecule has 0 aromatic heterocycles. The molecule has 16 heteroatoms. The van der Waals surface area contributed by atoms with E-state index >= 15 is 0 Å². The molecule has 1 aromatic carbocycles. The maximum Gasteiger partial charge on any atom is 0.305 e. The molecule has 0 bridgehead atoms. The number of carbonyl (C=O) groups is 8. The lowest BCUT2D eigenvalue weighted by Crippen LogP contribution is -2.36. The molecule has 16 nitrogen and oxygen atoms in total. The maximum absolute atomic E-state index is 13.1. The van der Waals surface area contributed by atoms with Gasteiger partial charge in [-0.3, -0.25) is 38.4 Å². The second-order valence-electron chi connectivity index (χ2n) is 8.56. The van der Waals surface area contributed by atoms with Crippen molar-refractivity contribution >= 4 is 47.5 Å². The summed E-state index contributed by atoms with van der Waals surface area (Å²) in [5.74, 6) is -5.52. The summed E-state index contributed by atoms with van der Waals surface area (Å²) in [5, 5.41) is 9.88. The largest absolute Gasteiger partial charge is 0.464 e. The van der Waals surface area contributed by atoms with Gasteiger partial charge in [-0.2, -0.15) is 0 Å². The van der Waals surface area contributed by atoms with Gasteiger partial charge in [0.05, 0.1) is 48.4 Å². The fourth-order valence-electron chi connectivity index (χ4n) is 3.24. The lowest BCUT2D eigenvalue weighted by molar-refractivity contribution is -0.143. The first kappa shape index (κ1) is 44.1. The number of esters is 4. The van der Waals surface area contributed by atoms with E-state index < -0.39 is 47.5 Å². The van der Waals surface area contributed by atoms with Gasteiger partial charge in [-0.25, -0.2) is 0 Å². The summed E-state index contributed by atoms with van der Waals surface area (Å²) in [6.45, 7) is 12.0. The normalized spacial score (nSPS) is 9.45. The number of hydrogen-bond acceptors (Lipinski definition) is 12. The minimum atomic E-state index is -0.829. The molecule has 0 aliphatic heterocycles. The Bertz CT molecular complexity index is 1220. The van der Waals surface area contributed by atoms with E-state index in [4.69, 9.17) is 18.9 Å². The lowest BCUT2D eigenvalue weighted by Gasteiger charge is -2.17. The summed E-state index contributed by atoms with van der Waals surface area (Å²) >= 11 is 0. The van der Waals surface area contributed by atoms with E-state index in [0.717, 1.165) is 12.1 Å². The molecule has 0 spiro atoms. The van der Waals surface area contributed by atoms with E-state index in [1.54, 1.807) is 6.92 Å². The van der Waals surface area contributed by atoms with Crippen LogP contribution < -0.4 is 21.3 Å². The van der Waals surface area contributed by atoms with Gasteiger partial charge < -0.3 is 40.2 Å². The number of benzene rings is 1. The van der Waals surface area contributed by atoms with E-state index in [1.165, 1.54) is 20.8 Å². The number of amides is 4. The first-order chi connectivity index (χ1) is 22.4. The van der Waals surface area contributed by atoms with Crippen LogP contribution in [0.4, 0.5) is 0 Å². The van der Waals surface area contributed by atoms with Gasteiger partial charge >= 0.3 is 23.9 Å². The lowest BCUT2D eigenvalue weighted by atomic mass is 9.95. The molecule has 0 saturated heterocycles. The molecule has 4 N–H and O–H groups in total. The molecule has 0 saturated carbocycles. The zero-order valence-corrected chi connectivity index (χ0v) is 28.4. The van der Waals surface area contributed by atoms with Crippen molar-refractivity contribution in [1.29, 1.82) is 0 Å². The first-order valence-corrected chi connectivity index (χ1v) is 15.2. The highest BCUT2D eigenvalue weighted by atomic mass is 16.5. The third-order valence-corrected chi connectivity index (χ3v) is 5.15. The highest BCUT2D eigenvalue weighted by molar-refractivity contribution is 6.14. The molecule has 0 aliphatic rings. The highest BCUT2D eigenvalue weighted by Crippen LogP contribution is 2.19. The second kappa shape index (κ2) is 26.2. The Kier molecular flexibility index (Phi) is 24.6. The Morgan fingerprint density at radius 3 is 0.915 bits per heavy atom. The van der Waals surface area contributed by atoms with Gasteiger partial charge in [0.1, 0.15) is 26.4 Å². The molecule has 0 fully saturated rings. The molecular weight excluding hydrogens is 620 g/mol. The minimum absolute atomic E-state index is 0.125. The van der Waals surface area contributed by atoms with Crippen LogP contribution in [-0.4, -0.2) is 100 Å². The Morgan fingerprint density at radius 2 is 0.702 bits per heavy atom. The quantitative estimate of drug-likeness (QED) is 0.105. The smallest absolute Gasteiger partial charge is 0.305 e. The van der Waals surface area contributed by atoms with Crippen LogP contribution in [0.5, 0.6) is 0 Å². The number of ether oxygens (including phenoxy) is 4. The molecule has 0 aliphatic carbocycles. The predicted molar refractivity (Wildman–Crippen MR) is 170 cm³/mol. The number of carbonyl (C=O) groups excluding carboxylic acids is 8. The van der Waals surface area contributed by atoms with Gasteiger partial charge in [-0.1, -0.05) is 34.6 Å². The topological polar surface area (TPSA) is 222 Å². The van der Waals surface area contributed by atoms with Crippen molar-refractivity contribution in [1.82, 2.24) is 21.3 Å². The van der Waals surface area contributed by atoms with Gasteiger partial charge in [0.25, 0.3) is 23.6 Å². The molecule has 0 atom stereocenters. The van der Waals surface area contributed by atoms with Crippen LogP contribution in [0.1, 0.15) is 103 Å². The molecule has 4 amide bonds. The number of rotatable bonds is 17. The molecule has 47 heavy (non-hydrogen) atoms. The van der Waals surface area contributed by atoms with Crippen molar-refractivity contribution in [2.24, 2.45) is 0 Å². The SMILES string of the molecule is CC.CC.CCC(=O)OCCNC(=O)c1cc(C(=O)NCCOC(C)=O)c(C(=O)NCCOC(C)=O)cc1C(=O)NCCOC(C)=O. The van der Waals surface area contributed by atoms with Crippen LogP contribution in [0.25, 0.3) is 0 Å². The van der Waals surface area contributed by atoms with Crippen LogP contribution in [0.3, 0.4) is 0 Å². The maximum atomic E-state index is 13.1. The van der Waals surface area contributed by atoms with Gasteiger partial charge in [0.2, 0.25) is 0 Å². The van der Waals surface area contributed by atoms with Crippen molar-refractivity contribution in [2.45, 2.75) is 61.8 Å². The average molecular weight is 669 g/mol. The van der Waals surface area contributed by atoms with Crippen molar-refractivity contribution < 1.29 is 57.3 Å². The van der Waals surface area contributed by atoms with Crippen molar-refractivity contribution in [3.63, 3.8) is 0 Å². The summed E-state index contributed by atoms with van der Waals surface area (Å²) < 4.78 is 19.3. The molecular formula is C31H48N4O12. The average Bonchev–Trinajstić information content (AvgIpc) is 3.05. The highest BCUT2D eigenvalue weighted by Gasteiger charge is 2.26. The predicted octanol–water partition coefficient (Wildman–Crippen LogP) is 1.30. The molecule has 0 heterocycles. The Labute approximate surface area is 275 Å². The molecule has 0 radical (unpaired) electrons. The Hall–Kier alpha value is -5.02. The Morgan fingerprint density at radius 1 is 0.468 bits per heavy atom. The minimum Gasteiger partial charge on any atom is -0.464 e. The van der Waals surface area contributed by atoms with Crippen molar-refractivity contribution in [3.8, 4) is 0 Å². The zero-order valence-electron chi connectivity index (χ0n) is 28.4. The van der Waals surface area contributed by atoms with E-state index in [0.29, 0.717) is 0 Å². The monoisotopic (exact) mass is 668 g/mol. The van der Waals surface area contributed by atoms with Crippen LogP contribution in [0.15, 0.2) is 12.1 Å². The van der Waals surface area contributed by atoms with Crippen LogP contribution in [0, 0.1) is 0 Å². The fourth-order valence-corrected chi connectivity index (χ4v) is 3.24. The van der Waals surface area contributed by atoms with Gasteiger partial charge in [-0.15, -0.1) is 0 Å². The molecule has 1 aromatic rings. The summed E-state index contributed by atoms with van der Waals surface area (Å²) in [6.07, 6.45) is 0.131. The van der Waals surface area contributed by atoms with Crippen molar-refractivity contribution in [3.05, 3.63) is 34.4 Å². The molecule has 1 rings (SSSR count).